The summed E-state index contributed by atoms with van der Waals surface area (Å²) in [5.41, 5.74) is 2.34. The molecule has 7 heteroatoms. The number of para-hydroxylation sites is 2. The quantitative estimate of drug-likeness (QED) is 0.429. The molecular weight excluding hydrogens is 409 g/mol. The number of nitrogens with zero attached hydrogens (tertiary/aromatic N) is 2. The zero-order valence-electron chi connectivity index (χ0n) is 17.8. The van der Waals surface area contributed by atoms with Crippen LogP contribution in [0, 0.1) is 5.82 Å². The number of nitrogens with one attached hydrogen (secondary N) is 1. The minimum Gasteiger partial charge on any atom is -0.497 e. The van der Waals surface area contributed by atoms with Crippen LogP contribution in [0.25, 0.3) is 11.0 Å². The first-order chi connectivity index (χ1) is 15.6. The van der Waals surface area contributed by atoms with Gasteiger partial charge in [0.1, 0.15) is 29.7 Å². The Bertz CT molecular complexity index is 1190. The Hall–Kier alpha value is -3.87. The molecule has 164 valence electrons. The number of ether oxygens (including phenoxy) is 2. The first-order valence-corrected chi connectivity index (χ1v) is 10.4. The van der Waals surface area contributed by atoms with Crippen molar-refractivity contribution in [2.24, 2.45) is 0 Å². The molecule has 6 nitrogen and oxygen atoms in total. The van der Waals surface area contributed by atoms with Gasteiger partial charge in [-0.2, -0.15) is 0 Å². The van der Waals surface area contributed by atoms with Gasteiger partial charge in [0, 0.05) is 18.5 Å². The molecule has 1 heterocycles. The molecule has 1 N–H and O–H groups in total. The van der Waals surface area contributed by atoms with Crippen molar-refractivity contribution in [2.75, 3.05) is 20.3 Å². The summed E-state index contributed by atoms with van der Waals surface area (Å²) >= 11 is 0. The van der Waals surface area contributed by atoms with Gasteiger partial charge >= 0.3 is 0 Å². The number of rotatable bonds is 9. The molecule has 1 amide bonds. The van der Waals surface area contributed by atoms with Gasteiger partial charge in [0.25, 0.3) is 5.91 Å². The van der Waals surface area contributed by atoms with Crippen molar-refractivity contribution >= 4 is 16.9 Å². The normalized spacial score (nSPS) is 10.8. The fraction of sp³-hybridized carbons (Fsp3) is 0.200. The van der Waals surface area contributed by atoms with Gasteiger partial charge < -0.3 is 19.4 Å². The lowest BCUT2D eigenvalue weighted by molar-refractivity contribution is 0.0954. The number of amides is 1. The number of aromatic nitrogens is 2. The molecule has 0 aliphatic carbocycles. The van der Waals surface area contributed by atoms with Crippen molar-refractivity contribution in [2.45, 2.75) is 13.0 Å². The zero-order chi connectivity index (χ0) is 22.3. The molecule has 0 saturated heterocycles. The maximum Gasteiger partial charge on any atom is 0.251 e. The van der Waals surface area contributed by atoms with Crippen molar-refractivity contribution in [1.82, 2.24) is 14.9 Å². The number of imidazole rings is 1. The highest BCUT2D eigenvalue weighted by molar-refractivity contribution is 5.94. The van der Waals surface area contributed by atoms with E-state index >= 15 is 0 Å². The minimum atomic E-state index is -0.368. The second-order valence-electron chi connectivity index (χ2n) is 7.21. The summed E-state index contributed by atoms with van der Waals surface area (Å²) in [5, 5.41) is 2.87. The van der Waals surface area contributed by atoms with E-state index in [4.69, 9.17) is 14.5 Å². The molecular formula is C25H24FN3O3. The van der Waals surface area contributed by atoms with Crippen LogP contribution in [-0.4, -0.2) is 35.7 Å². The lowest BCUT2D eigenvalue weighted by atomic mass is 10.2. The summed E-state index contributed by atoms with van der Waals surface area (Å²) in [6, 6.07) is 20.9. The fourth-order valence-corrected chi connectivity index (χ4v) is 3.48. The lowest BCUT2D eigenvalue weighted by Crippen LogP contribution is -2.26. The number of methoxy groups -OCH3 is 1. The van der Waals surface area contributed by atoms with Crippen LogP contribution in [0.1, 0.15) is 16.2 Å². The number of fused-ring (bicyclic) bond motifs is 1. The molecule has 0 unspecified atom stereocenters. The monoisotopic (exact) mass is 433 g/mol. The van der Waals surface area contributed by atoms with Gasteiger partial charge in [0.15, 0.2) is 0 Å². The second-order valence-corrected chi connectivity index (χ2v) is 7.21. The molecule has 3 aromatic carbocycles. The summed E-state index contributed by atoms with van der Waals surface area (Å²) in [4.78, 5) is 17.0. The maximum absolute atomic E-state index is 13.1. The Morgan fingerprint density at radius 2 is 1.72 bits per heavy atom. The first kappa shape index (κ1) is 21.4. The molecule has 0 aliphatic rings. The summed E-state index contributed by atoms with van der Waals surface area (Å²) in [6.45, 7) is 1.51. The van der Waals surface area contributed by atoms with Crippen LogP contribution in [0.3, 0.4) is 0 Å². The van der Waals surface area contributed by atoms with Gasteiger partial charge in [-0.25, -0.2) is 9.37 Å². The third-order valence-corrected chi connectivity index (χ3v) is 5.12. The molecule has 0 aliphatic heterocycles. The summed E-state index contributed by atoms with van der Waals surface area (Å²) in [5.74, 6) is 1.80. The molecule has 0 bridgehead atoms. The average molecular weight is 433 g/mol. The van der Waals surface area contributed by atoms with Crippen LogP contribution in [-0.2, 0) is 13.0 Å². The molecule has 4 aromatic rings. The van der Waals surface area contributed by atoms with E-state index in [1.54, 1.807) is 7.11 Å². The van der Waals surface area contributed by atoms with Crippen LogP contribution in [0.5, 0.6) is 11.5 Å². The van der Waals surface area contributed by atoms with Crippen molar-refractivity contribution < 1.29 is 18.7 Å². The van der Waals surface area contributed by atoms with E-state index in [0.717, 1.165) is 28.4 Å². The highest BCUT2D eigenvalue weighted by atomic mass is 19.1. The molecule has 0 radical (unpaired) electrons. The SMILES string of the molecule is COc1ccc(OCCn2c(CCNC(=O)c3ccc(F)cc3)nc3ccccc32)cc1. The number of carbonyl (C=O) groups excluding carboxylic acids is 1. The molecule has 0 fully saturated rings. The van der Waals surface area contributed by atoms with Crippen LogP contribution in [0.4, 0.5) is 4.39 Å². The van der Waals surface area contributed by atoms with Crippen LogP contribution >= 0.6 is 0 Å². The Labute approximate surface area is 185 Å². The van der Waals surface area contributed by atoms with E-state index < -0.39 is 0 Å². The Morgan fingerprint density at radius 3 is 2.47 bits per heavy atom. The van der Waals surface area contributed by atoms with Crippen LogP contribution in [0.2, 0.25) is 0 Å². The molecule has 0 saturated carbocycles. The summed E-state index contributed by atoms with van der Waals surface area (Å²) in [7, 11) is 1.63. The van der Waals surface area contributed by atoms with Gasteiger partial charge in [-0.05, 0) is 60.7 Å². The van der Waals surface area contributed by atoms with E-state index in [1.807, 2.05) is 48.5 Å². The molecule has 0 spiro atoms. The van der Waals surface area contributed by atoms with Gasteiger partial charge in [0.05, 0.1) is 24.7 Å². The van der Waals surface area contributed by atoms with E-state index in [0.29, 0.717) is 31.7 Å². The molecule has 0 atom stereocenters. The average Bonchev–Trinajstić information content (AvgIpc) is 3.17. The third-order valence-electron chi connectivity index (χ3n) is 5.12. The van der Waals surface area contributed by atoms with Crippen molar-refractivity contribution in [1.29, 1.82) is 0 Å². The number of benzene rings is 3. The summed E-state index contributed by atoms with van der Waals surface area (Å²) in [6.07, 6.45) is 0.560. The predicted molar refractivity (Wildman–Crippen MR) is 121 cm³/mol. The highest BCUT2D eigenvalue weighted by Crippen LogP contribution is 2.19. The highest BCUT2D eigenvalue weighted by Gasteiger charge is 2.12. The first-order valence-electron chi connectivity index (χ1n) is 10.4. The van der Waals surface area contributed by atoms with E-state index in [-0.39, 0.29) is 11.7 Å². The van der Waals surface area contributed by atoms with Crippen LogP contribution in [0.15, 0.2) is 72.8 Å². The zero-order valence-corrected chi connectivity index (χ0v) is 17.8. The number of carbonyl (C=O) groups is 1. The lowest BCUT2D eigenvalue weighted by Gasteiger charge is -2.12. The van der Waals surface area contributed by atoms with E-state index in [1.165, 1.54) is 24.3 Å². The minimum absolute atomic E-state index is 0.240. The van der Waals surface area contributed by atoms with Gasteiger partial charge in [-0.3, -0.25) is 4.79 Å². The Morgan fingerprint density at radius 1 is 1.00 bits per heavy atom. The number of halogens is 1. The standard InChI is InChI=1S/C25H24FN3O3/c1-31-20-10-12-21(13-11-20)32-17-16-29-23-5-3-2-4-22(23)28-24(29)14-15-27-25(30)18-6-8-19(26)9-7-18/h2-13H,14-17H2,1H3,(H,27,30). The van der Waals surface area contributed by atoms with Gasteiger partial charge in [0.2, 0.25) is 0 Å². The smallest absolute Gasteiger partial charge is 0.251 e. The van der Waals surface area contributed by atoms with Crippen molar-refractivity contribution in [3.05, 3.63) is 90.0 Å². The van der Waals surface area contributed by atoms with E-state index in [2.05, 4.69) is 9.88 Å². The second kappa shape index (κ2) is 9.96. The van der Waals surface area contributed by atoms with Gasteiger partial charge in [-0.15, -0.1) is 0 Å². The van der Waals surface area contributed by atoms with Gasteiger partial charge in [-0.1, -0.05) is 12.1 Å². The van der Waals surface area contributed by atoms with E-state index in [9.17, 15) is 9.18 Å². The Kier molecular flexibility index (Phi) is 6.65. The fourth-order valence-electron chi connectivity index (χ4n) is 3.48. The Balaban J connectivity index is 1.40. The molecule has 32 heavy (non-hydrogen) atoms. The molecule has 4 rings (SSSR count). The topological polar surface area (TPSA) is 65.4 Å². The predicted octanol–water partition coefficient (Wildman–Crippen LogP) is 4.24. The number of hydrogen-bond acceptors (Lipinski definition) is 4. The molecule has 1 aromatic heterocycles. The van der Waals surface area contributed by atoms with Crippen molar-refractivity contribution in [3.8, 4) is 11.5 Å². The summed E-state index contributed by atoms with van der Waals surface area (Å²) < 4.78 is 26.2. The van der Waals surface area contributed by atoms with Crippen molar-refractivity contribution in [3.63, 3.8) is 0 Å². The third kappa shape index (κ3) is 5.06. The largest absolute Gasteiger partial charge is 0.497 e. The van der Waals surface area contributed by atoms with Crippen LogP contribution < -0.4 is 14.8 Å². The number of hydrogen-bond donors (Lipinski definition) is 1. The maximum atomic E-state index is 13.1.